The summed E-state index contributed by atoms with van der Waals surface area (Å²) in [4.78, 5) is 14.7. The van der Waals surface area contributed by atoms with E-state index >= 15 is 0 Å². The number of nitrogens with one attached hydrogen (secondary N) is 1. The Labute approximate surface area is 170 Å². The molecule has 4 rings (SSSR count). The van der Waals surface area contributed by atoms with Gasteiger partial charge in [0.1, 0.15) is 11.5 Å². The Bertz CT molecular complexity index is 1140. The molecule has 0 bridgehead atoms. The zero-order valence-electron chi connectivity index (χ0n) is 16.1. The Kier molecular flexibility index (Phi) is 5.25. The molecule has 0 spiro atoms. The average Bonchev–Trinajstić information content (AvgIpc) is 3.39. The number of sulfonamides is 1. The van der Waals surface area contributed by atoms with Gasteiger partial charge in [0.15, 0.2) is 0 Å². The molecule has 1 amide bonds. The lowest BCUT2D eigenvalue weighted by atomic mass is 10.1. The zero-order valence-corrected chi connectivity index (χ0v) is 16.9. The highest BCUT2D eigenvalue weighted by Crippen LogP contribution is 2.31. The lowest BCUT2D eigenvalue weighted by molar-refractivity contribution is -0.118. The molecule has 0 saturated heterocycles. The summed E-state index contributed by atoms with van der Waals surface area (Å²) >= 11 is 0. The first-order valence-corrected chi connectivity index (χ1v) is 11.0. The van der Waals surface area contributed by atoms with Crippen molar-refractivity contribution in [2.45, 2.75) is 24.2 Å². The number of furan rings is 1. The monoisotopic (exact) mass is 410 g/mol. The molecule has 0 radical (unpaired) electrons. The van der Waals surface area contributed by atoms with Crippen molar-refractivity contribution < 1.29 is 17.6 Å². The Morgan fingerprint density at radius 2 is 1.90 bits per heavy atom. The number of fused-ring (bicyclic) bond motifs is 1. The fourth-order valence-electron chi connectivity index (χ4n) is 3.56. The number of carbonyl (C=O) groups is 1. The van der Waals surface area contributed by atoms with Gasteiger partial charge in [-0.3, -0.25) is 4.79 Å². The summed E-state index contributed by atoms with van der Waals surface area (Å²) in [5.74, 6) is 1.57. The van der Waals surface area contributed by atoms with E-state index in [9.17, 15) is 13.2 Å². The predicted octanol–water partition coefficient (Wildman–Crippen LogP) is 3.38. The number of amides is 1. The second kappa shape index (κ2) is 7.85. The molecule has 1 aromatic heterocycles. The lowest BCUT2D eigenvalue weighted by Crippen LogP contribution is -2.29. The minimum atomic E-state index is -3.49. The molecule has 2 heterocycles. The molecule has 0 fully saturated rings. The second-order valence-electron chi connectivity index (χ2n) is 6.93. The van der Waals surface area contributed by atoms with Crippen LogP contribution in [0.3, 0.4) is 0 Å². The van der Waals surface area contributed by atoms with Gasteiger partial charge < -0.3 is 9.32 Å². The normalized spacial score (nSPS) is 13.5. The maximum absolute atomic E-state index is 12.7. The standard InChI is InChI=1S/C22H22N2O4S/c1-23-29(26,27)19-9-10-20-17(15-19)13-14-24(20)22(25)12-8-18-7-11-21(28-18)16-5-3-2-4-6-16/h2-7,9-11,15,23H,8,12-14H2,1H3. The van der Waals surface area contributed by atoms with Crippen LogP contribution < -0.4 is 9.62 Å². The Morgan fingerprint density at radius 1 is 1.10 bits per heavy atom. The minimum Gasteiger partial charge on any atom is -0.461 e. The third-order valence-electron chi connectivity index (χ3n) is 5.13. The molecule has 1 N–H and O–H groups in total. The highest BCUT2D eigenvalue weighted by molar-refractivity contribution is 7.89. The van der Waals surface area contributed by atoms with Gasteiger partial charge in [-0.25, -0.2) is 13.1 Å². The number of benzene rings is 2. The summed E-state index contributed by atoms with van der Waals surface area (Å²) in [7, 11) is -2.11. The molecule has 2 aromatic carbocycles. The van der Waals surface area contributed by atoms with E-state index in [0.717, 1.165) is 28.3 Å². The molecule has 0 aliphatic carbocycles. The summed E-state index contributed by atoms with van der Waals surface area (Å²) in [6.07, 6.45) is 1.49. The van der Waals surface area contributed by atoms with Crippen molar-refractivity contribution in [2.24, 2.45) is 0 Å². The highest BCUT2D eigenvalue weighted by Gasteiger charge is 2.26. The van der Waals surface area contributed by atoms with Crippen LogP contribution in [0.2, 0.25) is 0 Å². The third-order valence-corrected chi connectivity index (χ3v) is 6.54. The van der Waals surface area contributed by atoms with Crippen molar-refractivity contribution in [1.82, 2.24) is 4.72 Å². The van der Waals surface area contributed by atoms with E-state index in [1.54, 1.807) is 17.0 Å². The zero-order chi connectivity index (χ0) is 20.4. The Hall–Kier alpha value is -2.90. The van der Waals surface area contributed by atoms with Crippen LogP contribution in [0.1, 0.15) is 17.7 Å². The lowest BCUT2D eigenvalue weighted by Gasteiger charge is -2.17. The fraction of sp³-hybridized carbons (Fsp3) is 0.227. The molecule has 0 unspecified atom stereocenters. The van der Waals surface area contributed by atoms with Crippen molar-refractivity contribution in [2.75, 3.05) is 18.5 Å². The minimum absolute atomic E-state index is 0.00522. The van der Waals surface area contributed by atoms with Crippen molar-refractivity contribution in [3.63, 3.8) is 0 Å². The van der Waals surface area contributed by atoms with Crippen LogP contribution in [0.25, 0.3) is 11.3 Å². The summed E-state index contributed by atoms with van der Waals surface area (Å²) in [6, 6.07) is 18.6. The van der Waals surface area contributed by atoms with E-state index in [1.807, 2.05) is 42.5 Å². The van der Waals surface area contributed by atoms with Crippen molar-refractivity contribution in [3.8, 4) is 11.3 Å². The van der Waals surface area contributed by atoms with Crippen LogP contribution >= 0.6 is 0 Å². The number of carbonyl (C=O) groups excluding carboxylic acids is 1. The van der Waals surface area contributed by atoms with Gasteiger partial charge in [0.05, 0.1) is 4.90 Å². The molecule has 7 heteroatoms. The Morgan fingerprint density at radius 3 is 2.66 bits per heavy atom. The predicted molar refractivity (Wildman–Crippen MR) is 111 cm³/mol. The number of hydrogen-bond acceptors (Lipinski definition) is 4. The molecular weight excluding hydrogens is 388 g/mol. The van der Waals surface area contributed by atoms with E-state index in [-0.39, 0.29) is 10.8 Å². The number of anilines is 1. The van der Waals surface area contributed by atoms with E-state index < -0.39 is 10.0 Å². The first-order valence-electron chi connectivity index (χ1n) is 9.49. The quantitative estimate of drug-likeness (QED) is 0.676. The summed E-state index contributed by atoms with van der Waals surface area (Å²) in [5, 5.41) is 0. The van der Waals surface area contributed by atoms with Gasteiger partial charge >= 0.3 is 0 Å². The van der Waals surface area contributed by atoms with Gasteiger partial charge in [0, 0.05) is 30.6 Å². The van der Waals surface area contributed by atoms with Crippen LogP contribution in [0.4, 0.5) is 5.69 Å². The van der Waals surface area contributed by atoms with Gasteiger partial charge in [-0.05, 0) is 49.4 Å². The van der Waals surface area contributed by atoms with E-state index in [0.29, 0.717) is 25.8 Å². The van der Waals surface area contributed by atoms with Crippen molar-refractivity contribution in [1.29, 1.82) is 0 Å². The summed E-state index contributed by atoms with van der Waals surface area (Å²) in [6.45, 7) is 0.560. The van der Waals surface area contributed by atoms with Crippen LogP contribution in [-0.4, -0.2) is 27.9 Å². The second-order valence-corrected chi connectivity index (χ2v) is 8.81. The Balaban J connectivity index is 1.43. The molecule has 0 saturated carbocycles. The van der Waals surface area contributed by atoms with Crippen LogP contribution in [0, 0.1) is 0 Å². The number of hydrogen-bond donors (Lipinski definition) is 1. The molecule has 1 aliphatic rings. The SMILES string of the molecule is CNS(=O)(=O)c1ccc2c(c1)CCN2C(=O)CCc1ccc(-c2ccccc2)o1. The third kappa shape index (κ3) is 3.97. The van der Waals surface area contributed by atoms with Crippen LogP contribution in [0.5, 0.6) is 0 Å². The molecule has 3 aromatic rings. The first kappa shape index (κ1) is 19.4. The van der Waals surface area contributed by atoms with Gasteiger partial charge in [-0.15, -0.1) is 0 Å². The van der Waals surface area contributed by atoms with Gasteiger partial charge in [0.2, 0.25) is 15.9 Å². The van der Waals surface area contributed by atoms with Crippen molar-refractivity contribution in [3.05, 3.63) is 72.0 Å². The molecule has 29 heavy (non-hydrogen) atoms. The molecule has 1 aliphatic heterocycles. The first-order chi connectivity index (χ1) is 14.0. The summed E-state index contributed by atoms with van der Waals surface area (Å²) < 4.78 is 32.1. The fourth-order valence-corrected chi connectivity index (χ4v) is 4.34. The number of nitrogens with zero attached hydrogens (tertiary/aromatic N) is 1. The number of rotatable bonds is 6. The van der Waals surface area contributed by atoms with E-state index in [4.69, 9.17) is 4.42 Å². The molecule has 6 nitrogen and oxygen atoms in total. The van der Waals surface area contributed by atoms with Gasteiger partial charge in [0.25, 0.3) is 0 Å². The van der Waals surface area contributed by atoms with E-state index in [1.165, 1.54) is 13.1 Å². The highest BCUT2D eigenvalue weighted by atomic mass is 32.2. The van der Waals surface area contributed by atoms with Gasteiger partial charge in [-0.1, -0.05) is 30.3 Å². The van der Waals surface area contributed by atoms with Crippen LogP contribution in [0.15, 0.2) is 70.0 Å². The molecule has 150 valence electrons. The number of aryl methyl sites for hydroxylation is 1. The average molecular weight is 410 g/mol. The molecular formula is C22H22N2O4S. The van der Waals surface area contributed by atoms with E-state index in [2.05, 4.69) is 4.72 Å². The largest absolute Gasteiger partial charge is 0.461 e. The maximum atomic E-state index is 12.7. The van der Waals surface area contributed by atoms with Crippen molar-refractivity contribution >= 4 is 21.6 Å². The maximum Gasteiger partial charge on any atom is 0.240 e. The smallest absolute Gasteiger partial charge is 0.240 e. The van der Waals surface area contributed by atoms with Gasteiger partial charge in [-0.2, -0.15) is 0 Å². The van der Waals surface area contributed by atoms with Crippen LogP contribution in [-0.2, 0) is 27.7 Å². The molecule has 0 atom stereocenters. The topological polar surface area (TPSA) is 79.6 Å². The summed E-state index contributed by atoms with van der Waals surface area (Å²) in [5.41, 5.74) is 2.67.